The van der Waals surface area contributed by atoms with Crippen molar-refractivity contribution in [3.05, 3.63) is 28.7 Å². The molecular formula is C12H17N5OS. The van der Waals surface area contributed by atoms with Crippen LogP contribution in [-0.4, -0.2) is 33.7 Å². The molecular weight excluding hydrogens is 262 g/mol. The molecule has 2 aromatic heterocycles. The molecule has 0 amide bonds. The van der Waals surface area contributed by atoms with Crippen LogP contribution in [0.2, 0.25) is 0 Å². The molecule has 1 N–H and O–H groups in total. The maximum absolute atomic E-state index is 5.28. The first-order chi connectivity index (χ1) is 9.31. The Morgan fingerprint density at radius 3 is 2.84 bits per heavy atom. The Labute approximate surface area is 116 Å². The van der Waals surface area contributed by atoms with E-state index in [0.29, 0.717) is 5.88 Å². The molecule has 102 valence electrons. The van der Waals surface area contributed by atoms with Gasteiger partial charge in [-0.2, -0.15) is 0 Å². The summed E-state index contributed by atoms with van der Waals surface area (Å²) in [4.78, 5) is 9.64. The van der Waals surface area contributed by atoms with Crippen LogP contribution in [0.1, 0.15) is 35.7 Å². The normalized spacial score (nSPS) is 12.4. The van der Waals surface area contributed by atoms with Crippen molar-refractivity contribution in [2.45, 2.75) is 25.8 Å². The molecule has 2 heterocycles. The lowest BCUT2D eigenvalue weighted by atomic mass is 10.1. The maximum Gasteiger partial charge on any atom is 0.237 e. The second-order valence-corrected chi connectivity index (χ2v) is 4.79. The monoisotopic (exact) mass is 279 g/mol. The molecule has 0 saturated carbocycles. The Morgan fingerprint density at radius 1 is 1.37 bits per heavy atom. The second kappa shape index (κ2) is 6.53. The summed E-state index contributed by atoms with van der Waals surface area (Å²) in [5.41, 5.74) is 1.77. The summed E-state index contributed by atoms with van der Waals surface area (Å²) in [6.45, 7) is 2.13. The first-order valence-corrected chi connectivity index (χ1v) is 6.92. The number of aromatic nitrogens is 4. The molecule has 0 aliphatic heterocycles. The van der Waals surface area contributed by atoms with Crippen LogP contribution in [-0.2, 0) is 6.42 Å². The van der Waals surface area contributed by atoms with Crippen LogP contribution in [0.4, 0.5) is 0 Å². The van der Waals surface area contributed by atoms with Gasteiger partial charge in [0.2, 0.25) is 5.88 Å². The summed E-state index contributed by atoms with van der Waals surface area (Å²) in [5.74, 6) is 0.526. The number of rotatable bonds is 6. The van der Waals surface area contributed by atoms with Gasteiger partial charge in [0.05, 0.1) is 23.7 Å². The van der Waals surface area contributed by atoms with E-state index >= 15 is 0 Å². The summed E-state index contributed by atoms with van der Waals surface area (Å²) < 4.78 is 9.33. The zero-order chi connectivity index (χ0) is 13.7. The average molecular weight is 279 g/mol. The number of aryl methyl sites for hydroxylation is 1. The predicted molar refractivity (Wildman–Crippen MR) is 73.4 cm³/mol. The molecule has 0 saturated heterocycles. The number of ether oxygens (including phenoxy) is 1. The average Bonchev–Trinajstić information content (AvgIpc) is 2.89. The molecule has 6 nitrogen and oxygen atoms in total. The van der Waals surface area contributed by atoms with Crippen LogP contribution < -0.4 is 10.1 Å². The van der Waals surface area contributed by atoms with Gasteiger partial charge in [0.15, 0.2) is 0 Å². The third-order valence-corrected chi connectivity index (χ3v) is 3.61. The van der Waals surface area contributed by atoms with E-state index < -0.39 is 0 Å². The van der Waals surface area contributed by atoms with Gasteiger partial charge in [-0.05, 0) is 25.0 Å². The molecule has 0 aliphatic rings. The summed E-state index contributed by atoms with van der Waals surface area (Å²) in [6.07, 6.45) is 5.22. The summed E-state index contributed by atoms with van der Waals surface area (Å²) in [6, 6.07) is -0.0924. The van der Waals surface area contributed by atoms with Crippen LogP contribution >= 0.6 is 11.5 Å². The fourth-order valence-electron chi connectivity index (χ4n) is 1.93. The van der Waals surface area contributed by atoms with Crippen molar-refractivity contribution in [3.63, 3.8) is 0 Å². The largest absolute Gasteiger partial charge is 0.480 e. The van der Waals surface area contributed by atoms with Crippen molar-refractivity contribution < 1.29 is 4.74 Å². The van der Waals surface area contributed by atoms with Gasteiger partial charge in [0.25, 0.3) is 0 Å². The molecule has 0 aromatic carbocycles. The van der Waals surface area contributed by atoms with E-state index in [1.807, 2.05) is 7.05 Å². The van der Waals surface area contributed by atoms with Crippen molar-refractivity contribution in [2.24, 2.45) is 0 Å². The molecule has 0 fully saturated rings. The Bertz CT molecular complexity index is 530. The minimum atomic E-state index is -0.0924. The van der Waals surface area contributed by atoms with Gasteiger partial charge in [-0.1, -0.05) is 17.8 Å². The number of nitrogens with one attached hydrogen (secondary N) is 1. The van der Waals surface area contributed by atoms with Gasteiger partial charge >= 0.3 is 0 Å². The van der Waals surface area contributed by atoms with Crippen LogP contribution in [0.15, 0.2) is 12.4 Å². The number of hydrogen-bond donors (Lipinski definition) is 1. The highest BCUT2D eigenvalue weighted by Gasteiger charge is 2.24. The molecule has 1 unspecified atom stereocenters. The smallest absolute Gasteiger partial charge is 0.237 e. The van der Waals surface area contributed by atoms with Gasteiger partial charge in [0, 0.05) is 12.4 Å². The lowest BCUT2D eigenvalue weighted by Gasteiger charge is -2.16. The lowest BCUT2D eigenvalue weighted by molar-refractivity contribution is 0.384. The summed E-state index contributed by atoms with van der Waals surface area (Å²) >= 11 is 1.39. The first kappa shape index (κ1) is 13.8. The molecule has 7 heteroatoms. The molecule has 19 heavy (non-hydrogen) atoms. The quantitative estimate of drug-likeness (QED) is 0.866. The number of methoxy groups -OCH3 is 1. The highest BCUT2D eigenvalue weighted by Crippen LogP contribution is 2.30. The molecule has 2 aromatic rings. The topological polar surface area (TPSA) is 72.8 Å². The van der Waals surface area contributed by atoms with Crippen LogP contribution in [0, 0.1) is 0 Å². The van der Waals surface area contributed by atoms with E-state index in [1.165, 1.54) is 11.5 Å². The molecule has 0 aliphatic carbocycles. The fourth-order valence-corrected chi connectivity index (χ4v) is 2.74. The fraction of sp³-hybridized carbons (Fsp3) is 0.500. The van der Waals surface area contributed by atoms with Crippen molar-refractivity contribution >= 4 is 11.5 Å². The number of hydrogen-bond acceptors (Lipinski definition) is 7. The Morgan fingerprint density at radius 2 is 2.16 bits per heavy atom. The van der Waals surface area contributed by atoms with Crippen molar-refractivity contribution in [1.82, 2.24) is 24.9 Å². The van der Waals surface area contributed by atoms with Gasteiger partial charge in [-0.15, -0.1) is 5.10 Å². The minimum Gasteiger partial charge on any atom is -0.480 e. The molecule has 0 radical (unpaired) electrons. The third kappa shape index (κ3) is 2.87. The molecule has 0 bridgehead atoms. The predicted octanol–water partition coefficient (Wildman–Crippen LogP) is 1.60. The molecule has 1 atom stereocenters. The summed E-state index contributed by atoms with van der Waals surface area (Å²) in [5, 5.41) is 7.44. The van der Waals surface area contributed by atoms with E-state index in [1.54, 1.807) is 19.5 Å². The van der Waals surface area contributed by atoms with Crippen molar-refractivity contribution in [1.29, 1.82) is 0 Å². The van der Waals surface area contributed by atoms with E-state index in [0.717, 1.165) is 29.1 Å². The Balaban J connectivity index is 2.41. The van der Waals surface area contributed by atoms with Gasteiger partial charge < -0.3 is 10.1 Å². The van der Waals surface area contributed by atoms with Crippen LogP contribution in [0.3, 0.4) is 0 Å². The van der Waals surface area contributed by atoms with Crippen molar-refractivity contribution in [3.8, 4) is 5.88 Å². The molecule has 2 rings (SSSR count). The SMILES string of the molecule is CCCc1nnsc1C(NC)c1nccnc1OC. The van der Waals surface area contributed by atoms with E-state index in [4.69, 9.17) is 4.74 Å². The Kier molecular flexibility index (Phi) is 4.75. The zero-order valence-corrected chi connectivity index (χ0v) is 12.1. The highest BCUT2D eigenvalue weighted by molar-refractivity contribution is 7.05. The van der Waals surface area contributed by atoms with E-state index in [9.17, 15) is 0 Å². The minimum absolute atomic E-state index is 0.0924. The molecule has 0 spiro atoms. The lowest BCUT2D eigenvalue weighted by Crippen LogP contribution is -2.20. The Hall–Kier alpha value is -1.60. The van der Waals surface area contributed by atoms with Gasteiger partial charge in [-0.25, -0.2) is 4.98 Å². The van der Waals surface area contributed by atoms with E-state index in [-0.39, 0.29) is 6.04 Å². The van der Waals surface area contributed by atoms with Gasteiger partial charge in [-0.3, -0.25) is 4.98 Å². The number of nitrogens with zero attached hydrogens (tertiary/aromatic N) is 4. The highest BCUT2D eigenvalue weighted by atomic mass is 32.1. The first-order valence-electron chi connectivity index (χ1n) is 6.15. The van der Waals surface area contributed by atoms with Crippen LogP contribution in [0.5, 0.6) is 5.88 Å². The maximum atomic E-state index is 5.28. The summed E-state index contributed by atoms with van der Waals surface area (Å²) in [7, 11) is 3.48. The van der Waals surface area contributed by atoms with Crippen LogP contribution in [0.25, 0.3) is 0 Å². The van der Waals surface area contributed by atoms with Gasteiger partial charge in [0.1, 0.15) is 5.69 Å². The standard InChI is InChI=1S/C12H17N5OS/c1-4-5-8-11(19-17-16-8)9(13-2)10-12(18-3)15-7-6-14-10/h6-7,9,13H,4-5H2,1-3H3. The third-order valence-electron chi connectivity index (χ3n) is 2.78. The van der Waals surface area contributed by atoms with E-state index in [2.05, 4.69) is 31.8 Å². The van der Waals surface area contributed by atoms with Crippen molar-refractivity contribution in [2.75, 3.05) is 14.2 Å². The second-order valence-electron chi connectivity index (χ2n) is 4.01. The zero-order valence-electron chi connectivity index (χ0n) is 11.3.